The molecule has 4 nitrogen and oxygen atoms in total. The van der Waals surface area contributed by atoms with Gasteiger partial charge < -0.3 is 10.1 Å². The van der Waals surface area contributed by atoms with E-state index in [2.05, 4.69) is 5.32 Å². The maximum Gasteiger partial charge on any atom is 0.221 e. The number of hydrogen-bond acceptors (Lipinski definition) is 3. The van der Waals surface area contributed by atoms with E-state index in [0.29, 0.717) is 11.4 Å². The van der Waals surface area contributed by atoms with Gasteiger partial charge in [0, 0.05) is 24.6 Å². The topological polar surface area (TPSA) is 55.4 Å². The summed E-state index contributed by atoms with van der Waals surface area (Å²) in [6, 6.07) is 7.11. The van der Waals surface area contributed by atoms with Gasteiger partial charge in [-0.05, 0) is 25.0 Å². The minimum Gasteiger partial charge on any atom is -0.486 e. The standard InChI is InChI=1S/C16H21NO3/c1-12(18)17-14-8-5-9-15(10-14)20-11-16(19)13-6-3-2-4-7-13/h5,8-10,13H,2-4,6-7,11H2,1H3,(H,17,18). The third-order valence-electron chi connectivity index (χ3n) is 3.60. The number of amides is 1. The number of rotatable bonds is 5. The molecule has 108 valence electrons. The summed E-state index contributed by atoms with van der Waals surface area (Å²) in [5.41, 5.74) is 0.681. The van der Waals surface area contributed by atoms with Crippen LogP contribution in [0.4, 0.5) is 5.69 Å². The van der Waals surface area contributed by atoms with Crippen molar-refractivity contribution in [3.8, 4) is 5.75 Å². The lowest BCUT2D eigenvalue weighted by molar-refractivity contribution is -0.125. The molecule has 0 radical (unpaired) electrons. The van der Waals surface area contributed by atoms with Gasteiger partial charge in [-0.3, -0.25) is 9.59 Å². The molecule has 1 fully saturated rings. The number of nitrogens with one attached hydrogen (secondary N) is 1. The Labute approximate surface area is 119 Å². The van der Waals surface area contributed by atoms with Gasteiger partial charge in [-0.1, -0.05) is 25.3 Å². The van der Waals surface area contributed by atoms with Crippen LogP contribution in [0.15, 0.2) is 24.3 Å². The fourth-order valence-electron chi connectivity index (χ4n) is 2.56. The maximum atomic E-state index is 12.0. The fourth-order valence-corrected chi connectivity index (χ4v) is 2.56. The summed E-state index contributed by atoms with van der Waals surface area (Å²) in [7, 11) is 0. The smallest absolute Gasteiger partial charge is 0.221 e. The minimum atomic E-state index is -0.125. The van der Waals surface area contributed by atoms with Crippen LogP contribution >= 0.6 is 0 Å². The zero-order valence-corrected chi connectivity index (χ0v) is 11.9. The Morgan fingerprint density at radius 3 is 2.70 bits per heavy atom. The Kier molecular flexibility index (Phi) is 5.16. The number of carbonyl (C=O) groups excluding carboxylic acids is 2. The lowest BCUT2D eigenvalue weighted by atomic mass is 9.86. The van der Waals surface area contributed by atoms with E-state index in [0.717, 1.165) is 25.7 Å². The first-order valence-corrected chi connectivity index (χ1v) is 7.18. The van der Waals surface area contributed by atoms with E-state index in [4.69, 9.17) is 4.74 Å². The molecule has 20 heavy (non-hydrogen) atoms. The Morgan fingerprint density at radius 2 is 2.00 bits per heavy atom. The molecule has 2 rings (SSSR count). The van der Waals surface area contributed by atoms with E-state index in [1.165, 1.54) is 13.3 Å². The van der Waals surface area contributed by atoms with Gasteiger partial charge >= 0.3 is 0 Å². The highest BCUT2D eigenvalue weighted by molar-refractivity contribution is 5.88. The van der Waals surface area contributed by atoms with Gasteiger partial charge in [0.05, 0.1) is 0 Å². The zero-order valence-electron chi connectivity index (χ0n) is 11.9. The number of hydrogen-bond donors (Lipinski definition) is 1. The molecule has 0 atom stereocenters. The van der Waals surface area contributed by atoms with Gasteiger partial charge in [0.1, 0.15) is 12.4 Å². The largest absolute Gasteiger partial charge is 0.486 e. The van der Waals surface area contributed by atoms with Crippen LogP contribution < -0.4 is 10.1 Å². The molecule has 0 aromatic heterocycles. The van der Waals surface area contributed by atoms with Crippen molar-refractivity contribution in [1.82, 2.24) is 0 Å². The number of ether oxygens (including phenoxy) is 1. The van der Waals surface area contributed by atoms with Gasteiger partial charge in [0.15, 0.2) is 5.78 Å². The third kappa shape index (κ3) is 4.37. The van der Waals surface area contributed by atoms with Crippen molar-refractivity contribution < 1.29 is 14.3 Å². The molecule has 1 aromatic rings. The Balaban J connectivity index is 1.86. The number of benzene rings is 1. The van der Waals surface area contributed by atoms with Gasteiger partial charge in [0.25, 0.3) is 0 Å². The molecular formula is C16H21NO3. The lowest BCUT2D eigenvalue weighted by Gasteiger charge is -2.20. The quantitative estimate of drug-likeness (QED) is 0.898. The third-order valence-corrected chi connectivity index (χ3v) is 3.60. The first-order chi connectivity index (χ1) is 9.65. The van der Waals surface area contributed by atoms with Crippen molar-refractivity contribution >= 4 is 17.4 Å². The Hall–Kier alpha value is -1.84. The molecule has 1 N–H and O–H groups in total. The highest BCUT2D eigenvalue weighted by Gasteiger charge is 2.21. The van der Waals surface area contributed by atoms with Crippen LogP contribution in [0.25, 0.3) is 0 Å². The molecule has 0 unspecified atom stereocenters. The van der Waals surface area contributed by atoms with Crippen LogP contribution in [0.3, 0.4) is 0 Å². The van der Waals surface area contributed by atoms with Crippen molar-refractivity contribution in [1.29, 1.82) is 0 Å². The zero-order chi connectivity index (χ0) is 14.4. The van der Waals surface area contributed by atoms with Crippen LogP contribution in [-0.4, -0.2) is 18.3 Å². The summed E-state index contributed by atoms with van der Waals surface area (Å²) in [6.07, 6.45) is 5.52. The summed E-state index contributed by atoms with van der Waals surface area (Å²) < 4.78 is 5.54. The number of Topliss-reactive ketones (excluding diaryl/α,β-unsaturated/α-hetero) is 1. The number of carbonyl (C=O) groups is 2. The molecule has 0 saturated heterocycles. The van der Waals surface area contributed by atoms with E-state index in [-0.39, 0.29) is 24.2 Å². The van der Waals surface area contributed by atoms with Crippen molar-refractivity contribution in [2.24, 2.45) is 5.92 Å². The van der Waals surface area contributed by atoms with Crippen LogP contribution in [0.1, 0.15) is 39.0 Å². The van der Waals surface area contributed by atoms with E-state index in [9.17, 15) is 9.59 Å². The second-order valence-electron chi connectivity index (χ2n) is 5.30. The predicted molar refractivity (Wildman–Crippen MR) is 77.8 cm³/mol. The number of anilines is 1. The molecule has 1 saturated carbocycles. The van der Waals surface area contributed by atoms with E-state index in [1.54, 1.807) is 24.3 Å². The minimum absolute atomic E-state index is 0.119. The summed E-state index contributed by atoms with van der Waals surface area (Å²) in [5.74, 6) is 0.845. The number of ketones is 1. The highest BCUT2D eigenvalue weighted by atomic mass is 16.5. The summed E-state index contributed by atoms with van der Waals surface area (Å²) in [5, 5.41) is 2.69. The molecule has 0 bridgehead atoms. The van der Waals surface area contributed by atoms with Crippen LogP contribution in [-0.2, 0) is 9.59 Å². The van der Waals surface area contributed by atoms with Crippen molar-refractivity contribution in [3.05, 3.63) is 24.3 Å². The Bertz CT molecular complexity index is 478. The summed E-state index contributed by atoms with van der Waals surface area (Å²) >= 11 is 0. The second kappa shape index (κ2) is 7.08. The van der Waals surface area contributed by atoms with Crippen LogP contribution in [0.2, 0.25) is 0 Å². The maximum absolute atomic E-state index is 12.0. The molecule has 1 aromatic carbocycles. The molecule has 1 aliphatic rings. The lowest BCUT2D eigenvalue weighted by Crippen LogP contribution is -2.23. The van der Waals surface area contributed by atoms with E-state index >= 15 is 0 Å². The van der Waals surface area contributed by atoms with Crippen molar-refractivity contribution in [2.75, 3.05) is 11.9 Å². The van der Waals surface area contributed by atoms with Crippen LogP contribution in [0, 0.1) is 5.92 Å². The molecule has 0 spiro atoms. The van der Waals surface area contributed by atoms with Crippen molar-refractivity contribution in [3.63, 3.8) is 0 Å². The average Bonchev–Trinajstić information content (AvgIpc) is 2.45. The SMILES string of the molecule is CC(=O)Nc1cccc(OCC(=O)C2CCCCC2)c1. The molecule has 1 aliphatic carbocycles. The van der Waals surface area contributed by atoms with Gasteiger partial charge in [-0.15, -0.1) is 0 Å². The Morgan fingerprint density at radius 1 is 1.25 bits per heavy atom. The first kappa shape index (κ1) is 14.6. The average molecular weight is 275 g/mol. The van der Waals surface area contributed by atoms with E-state index < -0.39 is 0 Å². The molecule has 0 aliphatic heterocycles. The monoisotopic (exact) mass is 275 g/mol. The molecule has 4 heteroatoms. The normalized spacial score (nSPS) is 15.7. The predicted octanol–water partition coefficient (Wildman–Crippen LogP) is 3.17. The molecular weight excluding hydrogens is 254 g/mol. The second-order valence-corrected chi connectivity index (χ2v) is 5.30. The van der Waals surface area contributed by atoms with E-state index in [1.807, 2.05) is 0 Å². The van der Waals surface area contributed by atoms with Gasteiger partial charge in [-0.2, -0.15) is 0 Å². The summed E-state index contributed by atoms with van der Waals surface area (Å²) in [4.78, 5) is 23.0. The molecule has 1 amide bonds. The van der Waals surface area contributed by atoms with Gasteiger partial charge in [0.2, 0.25) is 5.91 Å². The van der Waals surface area contributed by atoms with Crippen LogP contribution in [0.5, 0.6) is 5.75 Å². The fraction of sp³-hybridized carbons (Fsp3) is 0.500. The summed E-state index contributed by atoms with van der Waals surface area (Å²) in [6.45, 7) is 1.58. The highest BCUT2D eigenvalue weighted by Crippen LogP contribution is 2.25. The van der Waals surface area contributed by atoms with Gasteiger partial charge in [-0.25, -0.2) is 0 Å². The molecule has 0 heterocycles. The first-order valence-electron chi connectivity index (χ1n) is 7.18. The van der Waals surface area contributed by atoms with Crippen molar-refractivity contribution in [2.45, 2.75) is 39.0 Å².